The Kier molecular flexibility index (Phi) is 8.68. The quantitative estimate of drug-likeness (QED) is 0.244. The van der Waals surface area contributed by atoms with E-state index < -0.39 is 51.5 Å². The molecule has 4 rings (SSSR count). The van der Waals surface area contributed by atoms with Crippen molar-refractivity contribution >= 4 is 62.2 Å². The van der Waals surface area contributed by atoms with Gasteiger partial charge in [-0.15, -0.1) is 11.3 Å². The Morgan fingerprint density at radius 1 is 1.12 bits per heavy atom. The van der Waals surface area contributed by atoms with E-state index in [2.05, 4.69) is 10.6 Å². The molecule has 210 valence electrons. The molecular formula is C24H22ClN5O8S2. The number of carboxylic acids is 1. The number of nitrogens with one attached hydrogen (secondary N) is 2. The van der Waals surface area contributed by atoms with Crippen LogP contribution in [-0.2, 0) is 19.6 Å². The number of benzene rings is 2. The van der Waals surface area contributed by atoms with E-state index in [0.29, 0.717) is 10.7 Å². The fourth-order valence-electron chi connectivity index (χ4n) is 4.13. The van der Waals surface area contributed by atoms with Crippen LogP contribution in [-0.4, -0.2) is 64.8 Å². The minimum absolute atomic E-state index is 0.0500. The molecule has 2 aromatic carbocycles. The van der Waals surface area contributed by atoms with Crippen LogP contribution in [0.3, 0.4) is 0 Å². The second-order valence-corrected chi connectivity index (χ2v) is 12.1. The maximum absolute atomic E-state index is 13.7. The molecule has 0 radical (unpaired) electrons. The molecule has 16 heteroatoms. The van der Waals surface area contributed by atoms with Crippen molar-refractivity contribution in [3.05, 3.63) is 86.7 Å². The molecular weight excluding hydrogens is 586 g/mol. The van der Waals surface area contributed by atoms with Gasteiger partial charge in [-0.05, 0) is 41.3 Å². The summed E-state index contributed by atoms with van der Waals surface area (Å²) in [6.45, 7) is -0.366. The fraction of sp³-hybridized carbons (Fsp3) is 0.208. The van der Waals surface area contributed by atoms with E-state index in [1.54, 1.807) is 5.38 Å². The standard InChI is InChI=1S/C24H22ClN5O8S2/c25-16-6-8-17(9-7-16)26-24(34)28-10-11-29(40(37,38)21-5-2-12-39-21)23(28)22(33)27-19(14-20(31)32)15-3-1-4-18(13-15)30(35)36/h1-9,12-13,19,23H,10-11,14H2,(H,26,34)(H,27,33)(H,31,32). The van der Waals surface area contributed by atoms with Gasteiger partial charge in [-0.2, -0.15) is 4.31 Å². The number of anilines is 1. The number of nitro groups is 1. The largest absolute Gasteiger partial charge is 0.481 e. The molecule has 2 unspecified atom stereocenters. The third-order valence-corrected chi connectivity index (χ3v) is 9.44. The number of hydrogen-bond donors (Lipinski definition) is 3. The molecule has 2 heterocycles. The lowest BCUT2D eigenvalue weighted by atomic mass is 10.0. The Morgan fingerprint density at radius 3 is 2.48 bits per heavy atom. The van der Waals surface area contributed by atoms with Crippen LogP contribution in [0.15, 0.2) is 70.3 Å². The Hall–Kier alpha value is -4.05. The lowest BCUT2D eigenvalue weighted by Gasteiger charge is -2.30. The van der Waals surface area contributed by atoms with Gasteiger partial charge in [0.05, 0.1) is 17.4 Å². The van der Waals surface area contributed by atoms with E-state index in [-0.39, 0.29) is 28.5 Å². The molecule has 1 aliphatic rings. The van der Waals surface area contributed by atoms with Crippen molar-refractivity contribution in [1.29, 1.82) is 0 Å². The zero-order valence-corrected chi connectivity index (χ0v) is 22.9. The van der Waals surface area contributed by atoms with Crippen molar-refractivity contribution in [2.75, 3.05) is 18.4 Å². The lowest BCUT2D eigenvalue weighted by Crippen LogP contribution is -2.55. The maximum atomic E-state index is 13.7. The highest BCUT2D eigenvalue weighted by Gasteiger charge is 2.47. The second-order valence-electron chi connectivity index (χ2n) is 8.56. The monoisotopic (exact) mass is 607 g/mol. The Morgan fingerprint density at radius 2 is 1.85 bits per heavy atom. The Balaban J connectivity index is 1.68. The molecule has 1 aromatic heterocycles. The van der Waals surface area contributed by atoms with Crippen molar-refractivity contribution in [1.82, 2.24) is 14.5 Å². The number of non-ortho nitro benzene ring substituents is 1. The first-order valence-corrected chi connectivity index (χ1v) is 14.3. The highest BCUT2D eigenvalue weighted by Crippen LogP contribution is 2.29. The molecule has 3 aromatic rings. The molecule has 1 aliphatic heterocycles. The number of carboxylic acid groups (broad SMARTS) is 1. The van der Waals surface area contributed by atoms with E-state index in [4.69, 9.17) is 11.6 Å². The van der Waals surface area contributed by atoms with Crippen LogP contribution < -0.4 is 10.6 Å². The number of aliphatic carboxylic acids is 1. The zero-order chi connectivity index (χ0) is 29.0. The van der Waals surface area contributed by atoms with Crippen molar-refractivity contribution in [3.8, 4) is 0 Å². The number of thiophene rings is 1. The molecule has 1 saturated heterocycles. The molecule has 3 N–H and O–H groups in total. The van der Waals surface area contributed by atoms with Crippen LogP contribution in [0.4, 0.5) is 16.2 Å². The van der Waals surface area contributed by atoms with Gasteiger partial charge in [-0.25, -0.2) is 13.2 Å². The van der Waals surface area contributed by atoms with Gasteiger partial charge in [0, 0.05) is 35.9 Å². The third-order valence-electron chi connectivity index (χ3n) is 5.96. The lowest BCUT2D eigenvalue weighted by molar-refractivity contribution is -0.384. The number of rotatable bonds is 9. The summed E-state index contributed by atoms with van der Waals surface area (Å²) in [5.41, 5.74) is 0.134. The Bertz CT molecular complexity index is 1530. The van der Waals surface area contributed by atoms with Crippen LogP contribution in [0.1, 0.15) is 18.0 Å². The smallest absolute Gasteiger partial charge is 0.323 e. The van der Waals surface area contributed by atoms with Crippen LogP contribution in [0, 0.1) is 10.1 Å². The van der Waals surface area contributed by atoms with Crippen LogP contribution >= 0.6 is 22.9 Å². The van der Waals surface area contributed by atoms with Gasteiger partial charge < -0.3 is 15.7 Å². The number of carbonyl (C=O) groups is 3. The fourth-order valence-corrected chi connectivity index (χ4v) is 6.92. The normalized spacial score (nSPS) is 16.3. The number of nitro benzene ring substituents is 1. The number of carbonyl (C=O) groups excluding carboxylic acids is 2. The van der Waals surface area contributed by atoms with E-state index in [0.717, 1.165) is 26.6 Å². The summed E-state index contributed by atoms with van der Waals surface area (Å²) >= 11 is 6.83. The molecule has 0 bridgehead atoms. The molecule has 2 atom stereocenters. The number of urea groups is 1. The van der Waals surface area contributed by atoms with E-state index in [9.17, 15) is 38.0 Å². The van der Waals surface area contributed by atoms with Crippen molar-refractivity contribution in [3.63, 3.8) is 0 Å². The third kappa shape index (κ3) is 6.39. The van der Waals surface area contributed by atoms with Gasteiger partial charge in [-0.3, -0.25) is 24.6 Å². The number of halogens is 1. The summed E-state index contributed by atoms with van der Waals surface area (Å²) in [7, 11) is -4.23. The summed E-state index contributed by atoms with van der Waals surface area (Å²) in [5, 5.41) is 27.8. The SMILES string of the molecule is O=C(O)CC(NC(=O)C1N(C(=O)Nc2ccc(Cl)cc2)CCN1S(=O)(=O)c1cccs1)c1cccc([N+](=O)[O-])c1. The van der Waals surface area contributed by atoms with E-state index in [1.165, 1.54) is 54.6 Å². The maximum Gasteiger partial charge on any atom is 0.323 e. The molecule has 1 fully saturated rings. The number of amides is 3. The van der Waals surface area contributed by atoms with Gasteiger partial charge in [-0.1, -0.05) is 29.8 Å². The molecule has 0 aliphatic carbocycles. The summed E-state index contributed by atoms with van der Waals surface area (Å²) < 4.78 is 27.7. The average molecular weight is 608 g/mol. The van der Waals surface area contributed by atoms with Crippen molar-refractivity contribution in [2.45, 2.75) is 22.8 Å². The minimum Gasteiger partial charge on any atom is -0.481 e. The Labute approximate surface area is 237 Å². The predicted octanol–water partition coefficient (Wildman–Crippen LogP) is 3.51. The van der Waals surface area contributed by atoms with Crippen LogP contribution in [0.25, 0.3) is 0 Å². The van der Waals surface area contributed by atoms with Crippen molar-refractivity contribution < 1.29 is 32.8 Å². The van der Waals surface area contributed by atoms with Crippen LogP contribution in [0.5, 0.6) is 0 Å². The first-order valence-electron chi connectivity index (χ1n) is 11.6. The topological polar surface area (TPSA) is 179 Å². The summed E-state index contributed by atoms with van der Waals surface area (Å²) in [5.74, 6) is -2.30. The highest BCUT2D eigenvalue weighted by molar-refractivity contribution is 7.91. The van der Waals surface area contributed by atoms with Gasteiger partial charge in [0.25, 0.3) is 21.6 Å². The predicted molar refractivity (Wildman–Crippen MR) is 145 cm³/mol. The number of sulfonamides is 1. The summed E-state index contributed by atoms with van der Waals surface area (Å²) in [6.07, 6.45) is -2.34. The van der Waals surface area contributed by atoms with E-state index >= 15 is 0 Å². The molecule has 13 nitrogen and oxygen atoms in total. The summed E-state index contributed by atoms with van der Waals surface area (Å²) in [4.78, 5) is 50.1. The number of hydrogen-bond acceptors (Lipinski definition) is 8. The summed E-state index contributed by atoms with van der Waals surface area (Å²) in [6, 6.07) is 12.0. The average Bonchev–Trinajstić information content (AvgIpc) is 3.61. The highest BCUT2D eigenvalue weighted by atomic mass is 35.5. The van der Waals surface area contributed by atoms with E-state index in [1.807, 2.05) is 0 Å². The van der Waals surface area contributed by atoms with Gasteiger partial charge >= 0.3 is 12.0 Å². The first kappa shape index (κ1) is 28.9. The molecule has 0 spiro atoms. The second kappa shape index (κ2) is 12.0. The van der Waals surface area contributed by atoms with Crippen molar-refractivity contribution in [2.24, 2.45) is 0 Å². The van der Waals surface area contributed by atoms with Gasteiger partial charge in [0.15, 0.2) is 6.17 Å². The molecule has 3 amide bonds. The molecule has 0 saturated carbocycles. The minimum atomic E-state index is -4.23. The first-order chi connectivity index (χ1) is 19.0. The molecule has 40 heavy (non-hydrogen) atoms. The zero-order valence-electron chi connectivity index (χ0n) is 20.5. The van der Waals surface area contributed by atoms with Gasteiger partial charge in [0.1, 0.15) is 4.21 Å². The number of nitrogens with zero attached hydrogens (tertiary/aromatic N) is 3. The van der Waals surface area contributed by atoms with Crippen LogP contribution in [0.2, 0.25) is 5.02 Å². The van der Waals surface area contributed by atoms with Gasteiger partial charge in [0.2, 0.25) is 0 Å².